The number of carboxylic acids is 1. The Labute approximate surface area is 194 Å². The maximum Gasteiger partial charge on any atom is 0.303 e. The van der Waals surface area contributed by atoms with Gasteiger partial charge < -0.3 is 9.53 Å². The molecule has 0 amide bonds. The molecular formula is C27H38O4Si. The Kier molecular flexibility index (Phi) is 10.3. The first kappa shape index (κ1) is 26.0. The molecule has 0 atom stereocenters. The maximum absolute atomic E-state index is 11.9. The first-order valence-electron chi connectivity index (χ1n) is 11.8. The van der Waals surface area contributed by atoms with E-state index in [1.807, 2.05) is 0 Å². The summed E-state index contributed by atoms with van der Waals surface area (Å²) in [7, 11) is -2.46. The van der Waals surface area contributed by atoms with Gasteiger partial charge in [0.15, 0.2) is 0 Å². The van der Waals surface area contributed by atoms with Crippen molar-refractivity contribution in [3.8, 4) is 0 Å². The number of ketones is 1. The van der Waals surface area contributed by atoms with Crippen molar-refractivity contribution in [2.45, 2.75) is 77.2 Å². The van der Waals surface area contributed by atoms with Crippen LogP contribution in [-0.4, -0.2) is 31.8 Å². The number of hydrogen-bond acceptors (Lipinski definition) is 3. The number of aliphatic carboxylic acids is 1. The number of Topliss-reactive ketones (excluding diaryl/α,β-unsaturated/α-hetero) is 1. The molecule has 2 rings (SSSR count). The van der Waals surface area contributed by atoms with Crippen LogP contribution in [0.1, 0.15) is 72.1 Å². The molecule has 0 bridgehead atoms. The van der Waals surface area contributed by atoms with Crippen LogP contribution in [-0.2, 0) is 14.0 Å². The molecule has 0 spiro atoms. The molecule has 32 heavy (non-hydrogen) atoms. The smallest absolute Gasteiger partial charge is 0.303 e. The van der Waals surface area contributed by atoms with E-state index in [2.05, 4.69) is 81.4 Å². The molecule has 4 nitrogen and oxygen atoms in total. The summed E-state index contributed by atoms with van der Waals surface area (Å²) >= 11 is 0. The highest BCUT2D eigenvalue weighted by atomic mass is 28.4. The minimum atomic E-state index is -2.46. The Morgan fingerprint density at radius 3 is 1.75 bits per heavy atom. The standard InChI is InChI=1S/C27H38O4Si/c1-27(2,3)32(24-17-9-6-10-18-24,25-19-11-7-12-20-25)31-22-13-5-4-8-15-23(28)16-14-21-26(29)30/h6-7,9-12,17-20H,4-5,8,13-16,21-22H2,1-3H3,(H,29,30). The number of carbonyl (C=O) groups excluding carboxylic acids is 1. The predicted octanol–water partition coefficient (Wildman–Crippen LogP) is 5.34. The third-order valence-electron chi connectivity index (χ3n) is 5.93. The number of carbonyl (C=O) groups is 2. The second-order valence-electron chi connectivity index (χ2n) is 9.46. The average Bonchev–Trinajstić information content (AvgIpc) is 2.76. The van der Waals surface area contributed by atoms with Gasteiger partial charge in [-0.3, -0.25) is 9.59 Å². The largest absolute Gasteiger partial charge is 0.481 e. The van der Waals surface area contributed by atoms with E-state index in [-0.39, 0.29) is 17.2 Å². The monoisotopic (exact) mass is 454 g/mol. The van der Waals surface area contributed by atoms with Crippen LogP contribution in [0.4, 0.5) is 0 Å². The van der Waals surface area contributed by atoms with Crippen molar-refractivity contribution in [2.75, 3.05) is 6.61 Å². The highest BCUT2D eigenvalue weighted by Gasteiger charge is 2.49. The van der Waals surface area contributed by atoms with Gasteiger partial charge in [-0.15, -0.1) is 0 Å². The number of rotatable bonds is 14. The van der Waals surface area contributed by atoms with Crippen molar-refractivity contribution in [1.82, 2.24) is 0 Å². The lowest BCUT2D eigenvalue weighted by atomic mass is 10.1. The normalized spacial score (nSPS) is 12.0. The molecule has 0 aliphatic heterocycles. The molecule has 2 aromatic carbocycles. The molecular weight excluding hydrogens is 416 g/mol. The van der Waals surface area contributed by atoms with E-state index in [0.29, 0.717) is 25.9 Å². The van der Waals surface area contributed by atoms with Gasteiger partial charge in [-0.25, -0.2) is 0 Å². The van der Waals surface area contributed by atoms with E-state index in [9.17, 15) is 9.59 Å². The first-order chi connectivity index (χ1) is 15.3. The van der Waals surface area contributed by atoms with Crippen LogP contribution >= 0.6 is 0 Å². The van der Waals surface area contributed by atoms with E-state index < -0.39 is 14.3 Å². The lowest BCUT2D eigenvalue weighted by Gasteiger charge is -2.43. The number of unbranched alkanes of at least 4 members (excludes halogenated alkanes) is 3. The minimum absolute atomic E-state index is 0.0158. The zero-order valence-electron chi connectivity index (χ0n) is 19.8. The Balaban J connectivity index is 1.92. The van der Waals surface area contributed by atoms with Crippen molar-refractivity contribution in [3.05, 3.63) is 60.7 Å². The minimum Gasteiger partial charge on any atom is -0.481 e. The molecule has 5 heteroatoms. The quantitative estimate of drug-likeness (QED) is 0.309. The fourth-order valence-corrected chi connectivity index (χ4v) is 8.93. The van der Waals surface area contributed by atoms with Gasteiger partial charge in [-0.05, 0) is 34.7 Å². The van der Waals surface area contributed by atoms with Crippen LogP contribution in [0, 0.1) is 0 Å². The van der Waals surface area contributed by atoms with E-state index in [0.717, 1.165) is 25.7 Å². The predicted molar refractivity (Wildman–Crippen MR) is 133 cm³/mol. The summed E-state index contributed by atoms with van der Waals surface area (Å²) in [6, 6.07) is 21.3. The van der Waals surface area contributed by atoms with Crippen LogP contribution in [0.15, 0.2) is 60.7 Å². The summed E-state index contributed by atoms with van der Waals surface area (Å²) in [5.74, 6) is -0.659. The Bertz CT molecular complexity index is 788. The molecule has 0 saturated heterocycles. The molecule has 0 saturated carbocycles. The summed E-state index contributed by atoms with van der Waals surface area (Å²) in [6.45, 7) is 7.57. The molecule has 174 valence electrons. The summed E-state index contributed by atoms with van der Waals surface area (Å²) in [5.41, 5.74) is 0. The molecule has 0 aliphatic carbocycles. The maximum atomic E-state index is 11.9. The Hall–Kier alpha value is -2.24. The zero-order valence-corrected chi connectivity index (χ0v) is 20.8. The molecule has 0 aliphatic rings. The summed E-state index contributed by atoms with van der Waals surface area (Å²) in [5, 5.41) is 11.2. The summed E-state index contributed by atoms with van der Waals surface area (Å²) < 4.78 is 6.89. The van der Waals surface area contributed by atoms with Gasteiger partial charge in [-0.1, -0.05) is 94.3 Å². The van der Waals surface area contributed by atoms with E-state index in [1.54, 1.807) is 0 Å². The Morgan fingerprint density at radius 2 is 1.25 bits per heavy atom. The fraction of sp³-hybridized carbons (Fsp3) is 0.481. The molecule has 0 fully saturated rings. The molecule has 1 N–H and O–H groups in total. The third-order valence-corrected chi connectivity index (χ3v) is 11.0. The SMILES string of the molecule is CC(C)(C)[Si](OCCCCCCC(=O)CCCC(=O)O)(c1ccccc1)c1ccccc1. The molecule has 0 heterocycles. The van der Waals surface area contributed by atoms with Gasteiger partial charge in [0.05, 0.1) is 0 Å². The summed E-state index contributed by atoms with van der Waals surface area (Å²) in [6.07, 6.45) is 5.31. The van der Waals surface area contributed by atoms with Crippen molar-refractivity contribution in [1.29, 1.82) is 0 Å². The lowest BCUT2D eigenvalue weighted by molar-refractivity contribution is -0.137. The van der Waals surface area contributed by atoms with Crippen LogP contribution < -0.4 is 10.4 Å². The molecule has 2 aromatic rings. The van der Waals surface area contributed by atoms with Gasteiger partial charge in [0.2, 0.25) is 0 Å². The molecule has 0 aromatic heterocycles. The van der Waals surface area contributed by atoms with Crippen LogP contribution in [0.3, 0.4) is 0 Å². The van der Waals surface area contributed by atoms with Crippen LogP contribution in [0.25, 0.3) is 0 Å². The van der Waals surface area contributed by atoms with Gasteiger partial charge >= 0.3 is 5.97 Å². The highest BCUT2D eigenvalue weighted by molar-refractivity contribution is 6.99. The number of hydrogen-bond donors (Lipinski definition) is 1. The van der Waals surface area contributed by atoms with E-state index >= 15 is 0 Å². The van der Waals surface area contributed by atoms with Crippen LogP contribution in [0.2, 0.25) is 5.04 Å². The van der Waals surface area contributed by atoms with Crippen molar-refractivity contribution in [3.63, 3.8) is 0 Å². The second-order valence-corrected chi connectivity index (χ2v) is 13.8. The molecule has 0 unspecified atom stereocenters. The van der Waals surface area contributed by atoms with Gasteiger partial charge in [0, 0.05) is 25.9 Å². The topological polar surface area (TPSA) is 63.6 Å². The lowest BCUT2D eigenvalue weighted by Crippen LogP contribution is -2.66. The van der Waals surface area contributed by atoms with Gasteiger partial charge in [0.1, 0.15) is 5.78 Å². The second kappa shape index (κ2) is 12.7. The van der Waals surface area contributed by atoms with Crippen molar-refractivity contribution < 1.29 is 19.1 Å². The Morgan fingerprint density at radius 1 is 0.750 bits per heavy atom. The first-order valence-corrected chi connectivity index (χ1v) is 13.7. The number of benzene rings is 2. The molecule has 0 radical (unpaired) electrons. The van der Waals surface area contributed by atoms with E-state index in [4.69, 9.17) is 9.53 Å². The highest BCUT2D eigenvalue weighted by Crippen LogP contribution is 2.36. The van der Waals surface area contributed by atoms with Gasteiger partial charge in [-0.2, -0.15) is 0 Å². The third kappa shape index (κ3) is 7.42. The van der Waals surface area contributed by atoms with E-state index in [1.165, 1.54) is 10.4 Å². The van der Waals surface area contributed by atoms with Crippen LogP contribution in [0.5, 0.6) is 0 Å². The fourth-order valence-electron chi connectivity index (χ4n) is 4.33. The summed E-state index contributed by atoms with van der Waals surface area (Å²) in [4.78, 5) is 22.4. The average molecular weight is 455 g/mol. The van der Waals surface area contributed by atoms with Crippen molar-refractivity contribution in [2.24, 2.45) is 0 Å². The van der Waals surface area contributed by atoms with Crippen molar-refractivity contribution >= 4 is 30.4 Å². The van der Waals surface area contributed by atoms with Gasteiger partial charge in [0.25, 0.3) is 8.32 Å². The zero-order chi connectivity index (χ0) is 23.5. The number of carboxylic acid groups (broad SMARTS) is 1.